The Labute approximate surface area is 176 Å². The van der Waals surface area contributed by atoms with Crippen molar-refractivity contribution >= 4 is 5.91 Å². The predicted octanol–water partition coefficient (Wildman–Crippen LogP) is 4.33. The topological polar surface area (TPSA) is 32.8 Å². The zero-order chi connectivity index (χ0) is 21.5. The van der Waals surface area contributed by atoms with E-state index in [9.17, 15) is 18.0 Å². The maximum atomic E-state index is 12.7. The highest BCUT2D eigenvalue weighted by atomic mass is 19.4. The number of aryl methyl sites for hydroxylation is 1. The smallest absolute Gasteiger partial charge is 0.353 e. The van der Waals surface area contributed by atoms with E-state index in [-0.39, 0.29) is 11.9 Å². The summed E-state index contributed by atoms with van der Waals surface area (Å²) in [6.45, 7) is 7.66. The number of hydrogen-bond acceptors (Lipinski definition) is 3. The lowest BCUT2D eigenvalue weighted by molar-refractivity contribution is -0.192. The molecule has 3 fully saturated rings. The van der Waals surface area contributed by atoms with Crippen molar-refractivity contribution in [3.8, 4) is 0 Å². The summed E-state index contributed by atoms with van der Waals surface area (Å²) in [4.78, 5) is 17.2. The average molecular weight is 425 g/mol. The fraction of sp³-hybridized carbons (Fsp3) is 0.696. The summed E-state index contributed by atoms with van der Waals surface area (Å²) in [5.41, 5.74) is -0.0844. The van der Waals surface area contributed by atoms with Crippen LogP contribution in [0.25, 0.3) is 0 Å². The third-order valence-corrected chi connectivity index (χ3v) is 7.11. The largest absolute Gasteiger partial charge is 0.416 e. The van der Waals surface area contributed by atoms with Crippen LogP contribution in [0.1, 0.15) is 50.7 Å². The second-order valence-corrected chi connectivity index (χ2v) is 9.32. The van der Waals surface area contributed by atoms with E-state index < -0.39 is 17.5 Å². The maximum absolute atomic E-state index is 12.7. The molecule has 1 aromatic carbocycles. The molecule has 3 atom stereocenters. The van der Waals surface area contributed by atoms with Crippen LogP contribution in [-0.4, -0.2) is 53.7 Å². The summed E-state index contributed by atoms with van der Waals surface area (Å²) >= 11 is 0. The van der Waals surface area contributed by atoms with Gasteiger partial charge in [0.05, 0.1) is 18.2 Å². The first-order valence-corrected chi connectivity index (χ1v) is 11.1. The van der Waals surface area contributed by atoms with Crippen molar-refractivity contribution in [2.24, 2.45) is 11.8 Å². The Bertz CT molecular complexity index is 765. The van der Waals surface area contributed by atoms with Crippen LogP contribution in [0, 0.1) is 11.8 Å². The van der Waals surface area contributed by atoms with E-state index in [1.807, 2.05) is 0 Å². The van der Waals surface area contributed by atoms with Crippen molar-refractivity contribution < 1.29 is 22.7 Å². The van der Waals surface area contributed by atoms with E-state index in [2.05, 4.69) is 23.6 Å². The Morgan fingerprint density at radius 2 is 1.97 bits per heavy atom. The van der Waals surface area contributed by atoms with E-state index in [0.717, 1.165) is 63.0 Å². The van der Waals surface area contributed by atoms with Crippen molar-refractivity contribution in [3.05, 3.63) is 35.4 Å². The summed E-state index contributed by atoms with van der Waals surface area (Å²) < 4.78 is 44.4. The summed E-state index contributed by atoms with van der Waals surface area (Å²) in [6.07, 6.45) is -0.306. The number of amides is 1. The van der Waals surface area contributed by atoms with Crippen LogP contribution < -0.4 is 0 Å². The van der Waals surface area contributed by atoms with E-state index in [1.54, 1.807) is 12.1 Å². The molecule has 0 unspecified atom stereocenters. The molecule has 3 aliphatic heterocycles. The molecular formula is C23H31F3N2O2. The standard InChI is InChI=1S/C23H31F3N2O2/c1-16(2)20-15-30-22-11-13-27(14-19(22)9-10-21(29)28(20)22)12-3-4-17-5-7-18(8-6-17)23(24,25)26/h5-8,16,19-20H,3-4,9-15H2,1-2H3/t19-,20-,22-/m1/s1. The molecule has 166 valence electrons. The molecule has 1 spiro atoms. The number of likely N-dealkylation sites (tertiary alicyclic amines) is 1. The number of carbonyl (C=O) groups is 1. The third-order valence-electron chi connectivity index (χ3n) is 7.11. The van der Waals surface area contributed by atoms with Crippen LogP contribution >= 0.6 is 0 Å². The third kappa shape index (κ3) is 3.98. The molecule has 0 radical (unpaired) electrons. The number of hydrogen-bond donors (Lipinski definition) is 0. The van der Waals surface area contributed by atoms with Crippen molar-refractivity contribution in [1.29, 1.82) is 0 Å². The predicted molar refractivity (Wildman–Crippen MR) is 108 cm³/mol. The molecule has 0 aromatic heterocycles. The van der Waals surface area contributed by atoms with Gasteiger partial charge in [-0.25, -0.2) is 0 Å². The maximum Gasteiger partial charge on any atom is 0.416 e. The highest BCUT2D eigenvalue weighted by Gasteiger charge is 2.58. The van der Waals surface area contributed by atoms with Crippen molar-refractivity contribution in [2.45, 2.75) is 63.9 Å². The quantitative estimate of drug-likeness (QED) is 0.705. The van der Waals surface area contributed by atoms with Crippen LogP contribution in [-0.2, 0) is 22.1 Å². The minimum absolute atomic E-state index is 0.173. The Morgan fingerprint density at radius 3 is 2.63 bits per heavy atom. The molecule has 4 rings (SSSR count). The molecule has 30 heavy (non-hydrogen) atoms. The average Bonchev–Trinajstić information content (AvgIpc) is 3.09. The Hall–Kier alpha value is -1.60. The van der Waals surface area contributed by atoms with Crippen LogP contribution in [0.4, 0.5) is 13.2 Å². The highest BCUT2D eigenvalue weighted by Crippen LogP contribution is 2.47. The lowest BCUT2D eigenvalue weighted by atomic mass is 9.79. The van der Waals surface area contributed by atoms with E-state index in [4.69, 9.17) is 4.74 Å². The minimum Gasteiger partial charge on any atom is -0.353 e. The fourth-order valence-corrected chi connectivity index (χ4v) is 5.42. The first kappa shape index (κ1) is 21.6. The van der Waals surface area contributed by atoms with Gasteiger partial charge in [-0.05, 0) is 49.4 Å². The summed E-state index contributed by atoms with van der Waals surface area (Å²) in [7, 11) is 0. The molecule has 7 heteroatoms. The number of ether oxygens (including phenoxy) is 1. The molecule has 0 bridgehead atoms. The Balaban J connectivity index is 1.32. The number of alkyl halides is 3. The molecule has 0 aliphatic carbocycles. The molecular weight excluding hydrogens is 393 g/mol. The van der Waals surface area contributed by atoms with Crippen LogP contribution in [0.3, 0.4) is 0 Å². The van der Waals surface area contributed by atoms with Crippen molar-refractivity contribution in [3.63, 3.8) is 0 Å². The van der Waals surface area contributed by atoms with Gasteiger partial charge in [-0.1, -0.05) is 26.0 Å². The number of nitrogens with zero attached hydrogens (tertiary/aromatic N) is 2. The monoisotopic (exact) mass is 424 g/mol. The van der Waals surface area contributed by atoms with E-state index >= 15 is 0 Å². The summed E-state index contributed by atoms with van der Waals surface area (Å²) in [5, 5.41) is 0. The molecule has 3 saturated heterocycles. The van der Waals surface area contributed by atoms with Gasteiger partial charge in [0.1, 0.15) is 5.72 Å². The molecule has 3 aliphatic rings. The second kappa shape index (κ2) is 8.15. The Kier molecular flexibility index (Phi) is 5.88. The van der Waals surface area contributed by atoms with Gasteiger partial charge in [0.15, 0.2) is 0 Å². The van der Waals surface area contributed by atoms with E-state index in [0.29, 0.717) is 24.9 Å². The number of rotatable bonds is 5. The summed E-state index contributed by atoms with van der Waals surface area (Å²) in [5.74, 6) is 0.950. The van der Waals surface area contributed by atoms with Gasteiger partial charge in [-0.2, -0.15) is 13.2 Å². The first-order chi connectivity index (χ1) is 14.2. The summed E-state index contributed by atoms with van der Waals surface area (Å²) in [6, 6.07) is 5.66. The van der Waals surface area contributed by atoms with Gasteiger partial charge in [0, 0.05) is 31.8 Å². The van der Waals surface area contributed by atoms with Gasteiger partial charge in [0.25, 0.3) is 0 Å². The molecule has 3 heterocycles. The number of piperidine rings is 2. The number of benzene rings is 1. The molecule has 4 nitrogen and oxygen atoms in total. The van der Waals surface area contributed by atoms with Gasteiger partial charge in [-0.3, -0.25) is 4.79 Å². The molecule has 0 N–H and O–H groups in total. The number of carbonyl (C=O) groups excluding carboxylic acids is 1. The van der Waals surface area contributed by atoms with Crippen LogP contribution in [0.2, 0.25) is 0 Å². The van der Waals surface area contributed by atoms with Crippen molar-refractivity contribution in [1.82, 2.24) is 9.80 Å². The van der Waals surface area contributed by atoms with Gasteiger partial charge in [0.2, 0.25) is 5.91 Å². The van der Waals surface area contributed by atoms with Crippen molar-refractivity contribution in [2.75, 3.05) is 26.2 Å². The van der Waals surface area contributed by atoms with Gasteiger partial charge in [-0.15, -0.1) is 0 Å². The lowest BCUT2D eigenvalue weighted by Gasteiger charge is -2.53. The number of halogens is 3. The SMILES string of the molecule is CC(C)[C@H]1CO[C@]23CCN(CCCc4ccc(C(F)(F)F)cc4)C[C@H]2CCC(=O)N13. The van der Waals surface area contributed by atoms with Crippen LogP contribution in [0.15, 0.2) is 24.3 Å². The zero-order valence-electron chi connectivity index (χ0n) is 17.8. The highest BCUT2D eigenvalue weighted by molar-refractivity contribution is 5.78. The minimum atomic E-state index is -4.28. The zero-order valence-corrected chi connectivity index (χ0v) is 17.8. The van der Waals surface area contributed by atoms with Gasteiger partial charge < -0.3 is 14.5 Å². The normalized spacial score (nSPS) is 29.9. The lowest BCUT2D eigenvalue weighted by Crippen LogP contribution is -2.65. The molecule has 1 aromatic rings. The fourth-order valence-electron chi connectivity index (χ4n) is 5.42. The molecule has 1 amide bonds. The van der Waals surface area contributed by atoms with Crippen LogP contribution in [0.5, 0.6) is 0 Å². The van der Waals surface area contributed by atoms with E-state index in [1.165, 1.54) is 0 Å². The molecule has 0 saturated carbocycles. The van der Waals surface area contributed by atoms with Gasteiger partial charge >= 0.3 is 6.18 Å². The first-order valence-electron chi connectivity index (χ1n) is 11.1. The second-order valence-electron chi connectivity index (χ2n) is 9.32. The Morgan fingerprint density at radius 1 is 1.23 bits per heavy atom.